The molecule has 9 heteroatoms. The number of aliphatic carboxylic acids is 1. The normalized spacial score (nSPS) is 22.6. The molecular formula is C21H19N3O5S. The van der Waals surface area contributed by atoms with Gasteiger partial charge in [0.05, 0.1) is 16.9 Å². The number of pyridine rings is 1. The van der Waals surface area contributed by atoms with Crippen LogP contribution in [-0.2, 0) is 16.0 Å². The summed E-state index contributed by atoms with van der Waals surface area (Å²) in [6.07, 6.45) is 4.40. The first-order valence-corrected chi connectivity index (χ1v) is 10.4. The highest BCUT2D eigenvalue weighted by molar-refractivity contribution is 8.03. The molecule has 0 bridgehead atoms. The van der Waals surface area contributed by atoms with Crippen LogP contribution in [0.25, 0.3) is 0 Å². The molecule has 0 radical (unpaired) electrons. The molecule has 0 aliphatic carbocycles. The molecule has 1 aromatic heterocycles. The second-order valence-corrected chi connectivity index (χ2v) is 8.37. The lowest BCUT2D eigenvalue weighted by atomic mass is 9.78. The topological polar surface area (TPSA) is 114 Å². The number of hydrogen-bond donors (Lipinski definition) is 1. The minimum atomic E-state index is -1.12. The number of carboxylic acid groups (broad SMARTS) is 1. The summed E-state index contributed by atoms with van der Waals surface area (Å²) < 4.78 is 0. The van der Waals surface area contributed by atoms with Crippen LogP contribution in [-0.4, -0.2) is 37.8 Å². The SMILES string of the molecule is CCC1C(=O)N2C(C(=O)O)=C(Sc3ccncc3)C(Cc3ccc([N+](=O)[O-])cc3)C12. The lowest BCUT2D eigenvalue weighted by Gasteiger charge is -2.45. The average molecular weight is 425 g/mol. The summed E-state index contributed by atoms with van der Waals surface area (Å²) in [5.74, 6) is -1.69. The molecule has 1 fully saturated rings. The number of amides is 1. The van der Waals surface area contributed by atoms with E-state index in [4.69, 9.17) is 0 Å². The van der Waals surface area contributed by atoms with Gasteiger partial charge in [0.2, 0.25) is 5.91 Å². The van der Waals surface area contributed by atoms with E-state index in [0.29, 0.717) is 17.7 Å². The van der Waals surface area contributed by atoms with Crippen LogP contribution < -0.4 is 0 Å². The molecule has 8 nitrogen and oxygen atoms in total. The predicted molar refractivity (Wildman–Crippen MR) is 109 cm³/mol. The molecular weight excluding hydrogens is 406 g/mol. The summed E-state index contributed by atoms with van der Waals surface area (Å²) in [7, 11) is 0. The summed E-state index contributed by atoms with van der Waals surface area (Å²) in [4.78, 5) is 42.1. The molecule has 30 heavy (non-hydrogen) atoms. The number of non-ortho nitro benzene ring substituents is 1. The quantitative estimate of drug-likeness (QED) is 0.410. The Bertz CT molecular complexity index is 1040. The van der Waals surface area contributed by atoms with Crippen LogP contribution in [0, 0.1) is 22.0 Å². The zero-order valence-electron chi connectivity index (χ0n) is 16.1. The monoisotopic (exact) mass is 425 g/mol. The van der Waals surface area contributed by atoms with Crippen molar-refractivity contribution in [3.8, 4) is 0 Å². The Balaban J connectivity index is 1.72. The van der Waals surface area contributed by atoms with Crippen molar-refractivity contribution in [2.45, 2.75) is 30.7 Å². The van der Waals surface area contributed by atoms with Crippen LogP contribution in [0.2, 0.25) is 0 Å². The van der Waals surface area contributed by atoms with Crippen molar-refractivity contribution in [2.24, 2.45) is 11.8 Å². The van der Waals surface area contributed by atoms with Gasteiger partial charge in [0.25, 0.3) is 5.69 Å². The van der Waals surface area contributed by atoms with Crippen molar-refractivity contribution in [2.75, 3.05) is 0 Å². The van der Waals surface area contributed by atoms with Gasteiger partial charge in [0, 0.05) is 40.2 Å². The van der Waals surface area contributed by atoms with E-state index in [1.807, 2.05) is 6.92 Å². The van der Waals surface area contributed by atoms with Crippen molar-refractivity contribution in [3.05, 3.63) is 75.1 Å². The van der Waals surface area contributed by atoms with Gasteiger partial charge in [-0.2, -0.15) is 0 Å². The van der Waals surface area contributed by atoms with Gasteiger partial charge >= 0.3 is 5.97 Å². The molecule has 2 aliphatic rings. The number of carbonyl (C=O) groups excluding carboxylic acids is 1. The minimum absolute atomic E-state index is 0.00482. The first-order valence-electron chi connectivity index (χ1n) is 9.54. The van der Waals surface area contributed by atoms with Crippen molar-refractivity contribution in [3.63, 3.8) is 0 Å². The number of thioether (sulfide) groups is 1. The fourth-order valence-corrected chi connectivity index (χ4v) is 5.41. The number of nitro benzene ring substituents is 1. The van der Waals surface area contributed by atoms with Crippen LogP contribution in [0.4, 0.5) is 5.69 Å². The largest absolute Gasteiger partial charge is 0.477 e. The van der Waals surface area contributed by atoms with E-state index in [1.54, 1.807) is 36.7 Å². The highest BCUT2D eigenvalue weighted by atomic mass is 32.2. The van der Waals surface area contributed by atoms with E-state index in [-0.39, 0.29) is 35.2 Å². The van der Waals surface area contributed by atoms with Gasteiger partial charge in [-0.3, -0.25) is 19.9 Å². The maximum atomic E-state index is 12.6. The maximum Gasteiger partial charge on any atom is 0.353 e. The van der Waals surface area contributed by atoms with Gasteiger partial charge in [-0.15, -0.1) is 0 Å². The van der Waals surface area contributed by atoms with E-state index in [2.05, 4.69) is 4.98 Å². The Kier molecular flexibility index (Phi) is 5.29. The second kappa shape index (κ2) is 7.91. The number of benzene rings is 1. The first-order chi connectivity index (χ1) is 14.4. The summed E-state index contributed by atoms with van der Waals surface area (Å²) in [5, 5.41) is 20.8. The molecule has 0 saturated carbocycles. The number of hydrogen-bond acceptors (Lipinski definition) is 6. The number of β-lactam (4-membered cyclic amide) rings is 1. The Morgan fingerprint density at radius 2 is 1.87 bits per heavy atom. The van der Waals surface area contributed by atoms with E-state index >= 15 is 0 Å². The fraction of sp³-hybridized carbons (Fsp3) is 0.286. The average Bonchev–Trinajstić information content (AvgIpc) is 3.00. The number of aromatic nitrogens is 1. The van der Waals surface area contributed by atoms with Gasteiger partial charge in [-0.25, -0.2) is 4.79 Å². The lowest BCUT2D eigenvalue weighted by Crippen LogP contribution is -2.60. The molecule has 2 aromatic rings. The fourth-order valence-electron chi connectivity index (χ4n) is 4.24. The van der Waals surface area contributed by atoms with E-state index in [1.165, 1.54) is 28.8 Å². The number of nitro groups is 1. The van der Waals surface area contributed by atoms with E-state index < -0.39 is 10.9 Å². The molecule has 2 aliphatic heterocycles. The lowest BCUT2D eigenvalue weighted by molar-refractivity contribution is -0.384. The number of nitrogens with zero attached hydrogens (tertiary/aromatic N) is 3. The van der Waals surface area contributed by atoms with Crippen LogP contribution in [0.5, 0.6) is 0 Å². The van der Waals surface area contributed by atoms with Gasteiger partial charge < -0.3 is 10.0 Å². The highest BCUT2D eigenvalue weighted by Gasteiger charge is 2.58. The third-order valence-electron chi connectivity index (χ3n) is 5.61. The standard InChI is InChI=1S/C21H19N3O5S/c1-2-15-17-16(11-12-3-5-13(6-4-12)24(28)29)19(30-14-7-9-22-10-8-14)18(21(26)27)23(17)20(15)25/h3-10,15-17H,2,11H2,1H3,(H,26,27). The molecule has 1 N–H and O–H groups in total. The van der Waals surface area contributed by atoms with Gasteiger partial charge in [-0.05, 0) is 30.5 Å². The summed E-state index contributed by atoms with van der Waals surface area (Å²) in [6, 6.07) is 9.66. The summed E-state index contributed by atoms with van der Waals surface area (Å²) in [5.41, 5.74) is 0.910. The van der Waals surface area contributed by atoms with Crippen molar-refractivity contribution in [1.29, 1.82) is 0 Å². The van der Waals surface area contributed by atoms with Crippen LogP contribution in [0.3, 0.4) is 0 Å². The third-order valence-corrected chi connectivity index (χ3v) is 6.83. The maximum absolute atomic E-state index is 12.6. The minimum Gasteiger partial charge on any atom is -0.477 e. The number of carboxylic acids is 1. The van der Waals surface area contributed by atoms with Crippen LogP contribution in [0.1, 0.15) is 18.9 Å². The molecule has 4 rings (SSSR count). The Morgan fingerprint density at radius 1 is 1.20 bits per heavy atom. The number of fused-ring (bicyclic) bond motifs is 1. The van der Waals surface area contributed by atoms with Crippen LogP contribution >= 0.6 is 11.8 Å². The second-order valence-electron chi connectivity index (χ2n) is 7.25. The predicted octanol–water partition coefficient (Wildman–Crippen LogP) is 3.49. The number of rotatable bonds is 7. The van der Waals surface area contributed by atoms with Crippen LogP contribution in [0.15, 0.2) is 64.3 Å². The smallest absolute Gasteiger partial charge is 0.353 e. The first kappa shape index (κ1) is 20.1. The van der Waals surface area contributed by atoms with E-state index in [9.17, 15) is 24.8 Å². The zero-order valence-corrected chi connectivity index (χ0v) is 16.9. The molecule has 154 valence electrons. The van der Waals surface area contributed by atoms with Crippen molar-refractivity contribution in [1.82, 2.24) is 9.88 Å². The third kappa shape index (κ3) is 3.35. The molecule has 3 heterocycles. The van der Waals surface area contributed by atoms with E-state index in [0.717, 1.165) is 10.5 Å². The molecule has 1 saturated heterocycles. The van der Waals surface area contributed by atoms with Gasteiger partial charge in [0.1, 0.15) is 5.70 Å². The summed E-state index contributed by atoms with van der Waals surface area (Å²) in [6.45, 7) is 1.93. The Hall–Kier alpha value is -3.20. The summed E-state index contributed by atoms with van der Waals surface area (Å²) >= 11 is 1.34. The zero-order chi connectivity index (χ0) is 21.4. The molecule has 1 amide bonds. The molecule has 3 unspecified atom stereocenters. The molecule has 0 spiro atoms. The van der Waals surface area contributed by atoms with Crippen molar-refractivity contribution < 1.29 is 19.6 Å². The highest BCUT2D eigenvalue weighted by Crippen LogP contribution is 2.53. The number of carbonyl (C=O) groups is 2. The van der Waals surface area contributed by atoms with Gasteiger partial charge in [0.15, 0.2) is 0 Å². The van der Waals surface area contributed by atoms with Crippen molar-refractivity contribution >= 4 is 29.3 Å². The molecule has 3 atom stereocenters. The van der Waals surface area contributed by atoms with Gasteiger partial charge in [-0.1, -0.05) is 30.8 Å². The Morgan fingerprint density at radius 3 is 2.43 bits per heavy atom. The Labute approximate surface area is 176 Å². The molecule has 1 aromatic carbocycles.